The molecule has 2 N–H and O–H groups in total. The van der Waals surface area contributed by atoms with Gasteiger partial charge < -0.3 is 5.73 Å². The van der Waals surface area contributed by atoms with Gasteiger partial charge in [0, 0.05) is 25.2 Å². The first-order valence-electron chi connectivity index (χ1n) is 7.55. The van der Waals surface area contributed by atoms with Gasteiger partial charge in [0.25, 0.3) is 0 Å². The van der Waals surface area contributed by atoms with Crippen LogP contribution in [0.1, 0.15) is 59.3 Å². The second kappa shape index (κ2) is 4.89. The maximum absolute atomic E-state index is 6.05. The first kappa shape index (κ1) is 13.4. The number of nitrogens with two attached hydrogens (primary N) is 1. The fourth-order valence-corrected chi connectivity index (χ4v) is 3.89. The summed E-state index contributed by atoms with van der Waals surface area (Å²) in [4.78, 5) is 2.69. The molecule has 100 valence electrons. The number of rotatable bonds is 7. The van der Waals surface area contributed by atoms with Crippen LogP contribution in [0.25, 0.3) is 0 Å². The molecule has 0 aromatic rings. The summed E-state index contributed by atoms with van der Waals surface area (Å²) in [7, 11) is 0. The van der Waals surface area contributed by atoms with Crippen molar-refractivity contribution in [1.29, 1.82) is 0 Å². The average Bonchev–Trinajstić information content (AvgIpc) is 3.08. The van der Waals surface area contributed by atoms with Gasteiger partial charge in [0.2, 0.25) is 0 Å². The van der Waals surface area contributed by atoms with Gasteiger partial charge >= 0.3 is 0 Å². The number of likely N-dealkylation sites (tertiary alicyclic amines) is 1. The van der Waals surface area contributed by atoms with Crippen molar-refractivity contribution in [1.82, 2.24) is 4.90 Å². The minimum atomic E-state index is 0.310. The van der Waals surface area contributed by atoms with Crippen LogP contribution in [-0.4, -0.2) is 30.1 Å². The average molecular weight is 238 g/mol. The zero-order valence-corrected chi connectivity index (χ0v) is 12.0. The predicted molar refractivity (Wildman–Crippen MR) is 74.0 cm³/mol. The van der Waals surface area contributed by atoms with Gasteiger partial charge in [-0.2, -0.15) is 0 Å². The molecule has 0 spiro atoms. The van der Waals surface area contributed by atoms with Crippen LogP contribution >= 0.6 is 0 Å². The summed E-state index contributed by atoms with van der Waals surface area (Å²) in [5.74, 6) is 0.883. The SMILES string of the molecule is CCCC1(CCC)CN(C(C)(CN)C2CC2)C1. The number of hydrogen-bond acceptors (Lipinski definition) is 2. The van der Waals surface area contributed by atoms with Gasteiger partial charge in [0.1, 0.15) is 0 Å². The van der Waals surface area contributed by atoms with Crippen LogP contribution in [-0.2, 0) is 0 Å². The molecule has 2 heteroatoms. The van der Waals surface area contributed by atoms with Crippen LogP contribution in [0.5, 0.6) is 0 Å². The summed E-state index contributed by atoms with van der Waals surface area (Å²) in [5, 5.41) is 0. The van der Waals surface area contributed by atoms with Gasteiger partial charge in [-0.05, 0) is 43.9 Å². The molecule has 1 saturated heterocycles. The molecule has 17 heavy (non-hydrogen) atoms. The van der Waals surface area contributed by atoms with Crippen molar-refractivity contribution in [2.24, 2.45) is 17.1 Å². The highest BCUT2D eigenvalue weighted by Gasteiger charge is 2.53. The summed E-state index contributed by atoms with van der Waals surface area (Å²) in [5.41, 5.74) is 7.00. The minimum absolute atomic E-state index is 0.310. The van der Waals surface area contributed by atoms with E-state index < -0.39 is 0 Å². The highest BCUT2D eigenvalue weighted by Crippen LogP contribution is 2.49. The predicted octanol–water partition coefficient (Wildman–Crippen LogP) is 3.02. The third-order valence-corrected chi connectivity index (χ3v) is 5.21. The fourth-order valence-electron chi connectivity index (χ4n) is 3.89. The molecule has 0 radical (unpaired) electrons. The van der Waals surface area contributed by atoms with Crippen molar-refractivity contribution in [2.45, 2.75) is 64.8 Å². The van der Waals surface area contributed by atoms with Crippen LogP contribution in [0, 0.1) is 11.3 Å². The van der Waals surface area contributed by atoms with E-state index in [0.717, 1.165) is 12.5 Å². The summed E-state index contributed by atoms with van der Waals surface area (Å²) in [6.07, 6.45) is 8.27. The molecule has 1 aliphatic heterocycles. The van der Waals surface area contributed by atoms with Crippen LogP contribution in [0.3, 0.4) is 0 Å². The van der Waals surface area contributed by atoms with E-state index in [1.165, 1.54) is 51.6 Å². The van der Waals surface area contributed by atoms with Crippen molar-refractivity contribution in [3.63, 3.8) is 0 Å². The first-order valence-corrected chi connectivity index (χ1v) is 7.55. The second-order valence-electron chi connectivity index (χ2n) is 6.69. The monoisotopic (exact) mass is 238 g/mol. The van der Waals surface area contributed by atoms with Gasteiger partial charge in [-0.1, -0.05) is 26.7 Å². The van der Waals surface area contributed by atoms with Gasteiger partial charge in [0.15, 0.2) is 0 Å². The maximum atomic E-state index is 6.05. The van der Waals surface area contributed by atoms with Crippen LogP contribution in [0.15, 0.2) is 0 Å². The topological polar surface area (TPSA) is 29.3 Å². The number of nitrogens with zero attached hydrogens (tertiary/aromatic N) is 1. The second-order valence-corrected chi connectivity index (χ2v) is 6.69. The van der Waals surface area contributed by atoms with E-state index in [1.54, 1.807) is 0 Å². The van der Waals surface area contributed by atoms with Gasteiger partial charge in [-0.3, -0.25) is 4.90 Å². The lowest BCUT2D eigenvalue weighted by Crippen LogP contribution is -2.67. The zero-order valence-electron chi connectivity index (χ0n) is 12.0. The molecule has 0 aromatic carbocycles. The van der Waals surface area contributed by atoms with Gasteiger partial charge in [0.05, 0.1) is 0 Å². The van der Waals surface area contributed by atoms with E-state index in [1.807, 2.05) is 0 Å². The fraction of sp³-hybridized carbons (Fsp3) is 1.00. The molecule has 2 fully saturated rings. The van der Waals surface area contributed by atoms with E-state index in [2.05, 4.69) is 25.7 Å². The summed E-state index contributed by atoms with van der Waals surface area (Å²) >= 11 is 0. The standard InChI is InChI=1S/C15H30N2/c1-4-8-15(9-5-2)11-17(12-15)14(3,10-16)13-6-7-13/h13H,4-12,16H2,1-3H3. The Balaban J connectivity index is 1.94. The molecule has 1 unspecified atom stereocenters. The van der Waals surface area contributed by atoms with E-state index in [0.29, 0.717) is 11.0 Å². The molecule has 1 saturated carbocycles. The smallest absolute Gasteiger partial charge is 0.0332 e. The van der Waals surface area contributed by atoms with Gasteiger partial charge in [-0.25, -0.2) is 0 Å². The molecule has 2 nitrogen and oxygen atoms in total. The van der Waals surface area contributed by atoms with Gasteiger partial charge in [-0.15, -0.1) is 0 Å². The van der Waals surface area contributed by atoms with Crippen LogP contribution in [0.2, 0.25) is 0 Å². The number of hydrogen-bond donors (Lipinski definition) is 1. The summed E-state index contributed by atoms with van der Waals surface area (Å²) in [6.45, 7) is 10.5. The lowest BCUT2D eigenvalue weighted by atomic mass is 9.70. The molecule has 2 aliphatic rings. The van der Waals surface area contributed by atoms with E-state index in [9.17, 15) is 0 Å². The lowest BCUT2D eigenvalue weighted by molar-refractivity contribution is -0.0870. The highest BCUT2D eigenvalue weighted by atomic mass is 15.3. The van der Waals surface area contributed by atoms with Crippen molar-refractivity contribution in [2.75, 3.05) is 19.6 Å². The Kier molecular flexibility index (Phi) is 3.84. The van der Waals surface area contributed by atoms with Crippen LogP contribution in [0.4, 0.5) is 0 Å². The molecule has 1 aliphatic carbocycles. The molecule has 1 atom stereocenters. The largest absolute Gasteiger partial charge is 0.329 e. The zero-order chi connectivity index (χ0) is 12.5. The first-order chi connectivity index (χ1) is 8.10. The van der Waals surface area contributed by atoms with E-state index >= 15 is 0 Å². The Bertz CT molecular complexity index is 246. The van der Waals surface area contributed by atoms with Crippen molar-refractivity contribution < 1.29 is 0 Å². The Labute approximate surface area is 107 Å². The van der Waals surface area contributed by atoms with Crippen molar-refractivity contribution in [3.05, 3.63) is 0 Å². The molecule has 0 aromatic heterocycles. The van der Waals surface area contributed by atoms with Crippen molar-refractivity contribution >= 4 is 0 Å². The molecular formula is C15H30N2. The normalized spacial score (nSPS) is 27.5. The quantitative estimate of drug-likeness (QED) is 0.739. The minimum Gasteiger partial charge on any atom is -0.329 e. The molecule has 0 bridgehead atoms. The Morgan fingerprint density at radius 2 is 1.71 bits per heavy atom. The molecule has 2 rings (SSSR count). The molecular weight excluding hydrogens is 208 g/mol. The summed E-state index contributed by atoms with van der Waals surface area (Å²) < 4.78 is 0. The van der Waals surface area contributed by atoms with E-state index in [-0.39, 0.29) is 0 Å². The van der Waals surface area contributed by atoms with E-state index in [4.69, 9.17) is 5.73 Å². The van der Waals surface area contributed by atoms with Crippen molar-refractivity contribution in [3.8, 4) is 0 Å². The summed E-state index contributed by atoms with van der Waals surface area (Å²) in [6, 6.07) is 0. The van der Waals surface area contributed by atoms with Crippen LogP contribution < -0.4 is 5.73 Å². The Morgan fingerprint density at radius 3 is 2.06 bits per heavy atom. The molecule has 1 heterocycles. The lowest BCUT2D eigenvalue weighted by Gasteiger charge is -2.58. The third-order valence-electron chi connectivity index (χ3n) is 5.21. The molecule has 0 amide bonds. The highest BCUT2D eigenvalue weighted by molar-refractivity contribution is 5.07. The maximum Gasteiger partial charge on any atom is 0.0332 e. The third kappa shape index (κ3) is 2.39. The Hall–Kier alpha value is -0.0800. The Morgan fingerprint density at radius 1 is 1.18 bits per heavy atom.